The molecular formula is C16H23NO3. The Kier molecular flexibility index (Phi) is 4.45. The number of nitrogens with zero attached hydrogens (tertiary/aromatic N) is 1. The summed E-state index contributed by atoms with van der Waals surface area (Å²) in [7, 11) is 0. The highest BCUT2D eigenvalue weighted by atomic mass is 16.4. The van der Waals surface area contributed by atoms with Gasteiger partial charge in [-0.05, 0) is 30.4 Å². The van der Waals surface area contributed by atoms with Gasteiger partial charge in [0.2, 0.25) is 0 Å². The molecule has 0 radical (unpaired) electrons. The summed E-state index contributed by atoms with van der Waals surface area (Å²) in [6.45, 7) is 4.88. The third kappa shape index (κ3) is 3.02. The molecule has 1 aliphatic rings. The zero-order valence-electron chi connectivity index (χ0n) is 12.2. The molecule has 0 fully saturated rings. The number of aliphatic hydroxyl groups is 1. The summed E-state index contributed by atoms with van der Waals surface area (Å²) < 4.78 is 0. The molecule has 1 aromatic rings. The first-order valence-electron chi connectivity index (χ1n) is 7.25. The Bertz CT molecular complexity index is 482. The number of carboxylic acid groups (broad SMARTS) is 1. The molecule has 0 saturated carbocycles. The van der Waals surface area contributed by atoms with Crippen LogP contribution in [0.2, 0.25) is 0 Å². The van der Waals surface area contributed by atoms with E-state index >= 15 is 0 Å². The van der Waals surface area contributed by atoms with Gasteiger partial charge in [0.1, 0.15) is 6.04 Å². The van der Waals surface area contributed by atoms with E-state index in [4.69, 9.17) is 0 Å². The molecule has 4 nitrogen and oxygen atoms in total. The molecule has 0 amide bonds. The molecule has 0 aliphatic carbocycles. The molecule has 1 heterocycles. The molecule has 4 heteroatoms. The topological polar surface area (TPSA) is 60.8 Å². The maximum Gasteiger partial charge on any atom is 0.321 e. The van der Waals surface area contributed by atoms with Gasteiger partial charge >= 0.3 is 5.97 Å². The molecule has 110 valence electrons. The van der Waals surface area contributed by atoms with Gasteiger partial charge in [-0.2, -0.15) is 0 Å². The number of aliphatic carboxylic acids is 1. The van der Waals surface area contributed by atoms with E-state index in [-0.39, 0.29) is 0 Å². The largest absolute Gasteiger partial charge is 0.480 e. The zero-order chi connectivity index (χ0) is 14.8. The normalized spacial score (nSPS) is 19.6. The van der Waals surface area contributed by atoms with Crippen molar-refractivity contribution < 1.29 is 15.0 Å². The molecule has 0 spiro atoms. The highest BCUT2D eigenvalue weighted by Crippen LogP contribution is 2.27. The number of carbonyl (C=O) groups is 1. The summed E-state index contributed by atoms with van der Waals surface area (Å²) in [5.74, 6) is -0.811. The summed E-state index contributed by atoms with van der Waals surface area (Å²) in [6.07, 6.45) is 1.77. The van der Waals surface area contributed by atoms with E-state index in [0.29, 0.717) is 32.4 Å². The maximum absolute atomic E-state index is 11.5. The first-order valence-corrected chi connectivity index (χ1v) is 7.25. The summed E-state index contributed by atoms with van der Waals surface area (Å²) in [4.78, 5) is 13.4. The van der Waals surface area contributed by atoms with Crippen LogP contribution < -0.4 is 0 Å². The maximum atomic E-state index is 11.5. The first kappa shape index (κ1) is 15.0. The van der Waals surface area contributed by atoms with Crippen molar-refractivity contribution in [3.8, 4) is 0 Å². The van der Waals surface area contributed by atoms with Crippen LogP contribution in [0.1, 0.15) is 37.8 Å². The first-order chi connectivity index (χ1) is 9.49. The summed E-state index contributed by atoms with van der Waals surface area (Å²) >= 11 is 0. The fourth-order valence-corrected chi connectivity index (χ4v) is 2.84. The number of β-amino-alcohol motifs (C(OH)–C–C–N with tert-alkyl or cyclic N) is 1. The number of benzene rings is 1. The van der Waals surface area contributed by atoms with E-state index in [1.54, 1.807) is 0 Å². The smallest absolute Gasteiger partial charge is 0.321 e. The highest BCUT2D eigenvalue weighted by molar-refractivity contribution is 5.74. The van der Waals surface area contributed by atoms with Crippen LogP contribution in [0.4, 0.5) is 0 Å². The fourth-order valence-electron chi connectivity index (χ4n) is 2.84. The highest BCUT2D eigenvalue weighted by Gasteiger charge is 2.35. The molecule has 2 N–H and O–H groups in total. The van der Waals surface area contributed by atoms with Crippen LogP contribution in [0.3, 0.4) is 0 Å². The monoisotopic (exact) mass is 277 g/mol. The van der Waals surface area contributed by atoms with Crippen LogP contribution in [-0.4, -0.2) is 39.3 Å². The van der Waals surface area contributed by atoms with Gasteiger partial charge in [0.25, 0.3) is 0 Å². The van der Waals surface area contributed by atoms with Gasteiger partial charge in [0.05, 0.1) is 5.60 Å². The Hall–Kier alpha value is -1.39. The van der Waals surface area contributed by atoms with Gasteiger partial charge in [0.15, 0.2) is 0 Å². The lowest BCUT2D eigenvalue weighted by molar-refractivity contribution is -0.145. The van der Waals surface area contributed by atoms with Gasteiger partial charge in [-0.15, -0.1) is 0 Å². The lowest BCUT2D eigenvalue weighted by atomic mass is 9.90. The number of fused-ring (bicyclic) bond motifs is 1. The van der Waals surface area contributed by atoms with E-state index in [1.807, 2.05) is 43.0 Å². The summed E-state index contributed by atoms with van der Waals surface area (Å²) in [6, 6.07) is 7.41. The standard InChI is InChI=1S/C16H23NO3/c1-3-16(20,4-2)11-17-10-13-8-6-5-7-12(13)9-14(17)15(18)19/h5-8,14,20H,3-4,9-11H2,1-2H3,(H,18,19). The summed E-state index contributed by atoms with van der Waals surface area (Å²) in [5.41, 5.74) is 1.47. The minimum absolute atomic E-state index is 0.408. The van der Waals surface area contributed by atoms with Crippen LogP contribution in [0, 0.1) is 0 Å². The lowest BCUT2D eigenvalue weighted by Gasteiger charge is -2.39. The molecular weight excluding hydrogens is 254 g/mol. The summed E-state index contributed by atoms with van der Waals surface area (Å²) in [5, 5.41) is 19.9. The third-order valence-electron chi connectivity index (χ3n) is 4.44. The molecule has 2 rings (SSSR count). The minimum atomic E-state index is -0.811. The van der Waals surface area contributed by atoms with Crippen LogP contribution in [-0.2, 0) is 17.8 Å². The Morgan fingerprint density at radius 3 is 2.45 bits per heavy atom. The Morgan fingerprint density at radius 2 is 1.90 bits per heavy atom. The second-order valence-electron chi connectivity index (χ2n) is 5.66. The molecule has 0 bridgehead atoms. The molecule has 0 saturated heterocycles. The molecule has 1 unspecified atom stereocenters. The van der Waals surface area contributed by atoms with Crippen molar-refractivity contribution in [2.24, 2.45) is 0 Å². The predicted molar refractivity (Wildman–Crippen MR) is 77.5 cm³/mol. The number of hydrogen-bond acceptors (Lipinski definition) is 3. The van der Waals surface area contributed by atoms with Crippen molar-refractivity contribution in [1.29, 1.82) is 0 Å². The van der Waals surface area contributed by atoms with E-state index in [1.165, 1.54) is 5.56 Å². The van der Waals surface area contributed by atoms with Crippen LogP contribution in [0.15, 0.2) is 24.3 Å². The second kappa shape index (κ2) is 5.94. The quantitative estimate of drug-likeness (QED) is 0.864. The SMILES string of the molecule is CCC(O)(CC)CN1Cc2ccccc2CC1C(=O)O. The van der Waals surface area contributed by atoms with E-state index in [2.05, 4.69) is 0 Å². The van der Waals surface area contributed by atoms with Gasteiger partial charge in [0, 0.05) is 13.1 Å². The number of carboxylic acids is 1. The van der Waals surface area contributed by atoms with Gasteiger partial charge in [-0.1, -0.05) is 38.1 Å². The van der Waals surface area contributed by atoms with E-state index in [0.717, 1.165) is 5.56 Å². The fraction of sp³-hybridized carbons (Fsp3) is 0.562. The second-order valence-corrected chi connectivity index (χ2v) is 5.66. The Morgan fingerprint density at radius 1 is 1.30 bits per heavy atom. The molecule has 1 atom stereocenters. The molecule has 1 aromatic carbocycles. The third-order valence-corrected chi connectivity index (χ3v) is 4.44. The van der Waals surface area contributed by atoms with Crippen molar-refractivity contribution in [3.63, 3.8) is 0 Å². The lowest BCUT2D eigenvalue weighted by Crippen LogP contribution is -2.52. The van der Waals surface area contributed by atoms with Crippen LogP contribution in [0.25, 0.3) is 0 Å². The van der Waals surface area contributed by atoms with Gasteiger partial charge in [-0.3, -0.25) is 9.69 Å². The van der Waals surface area contributed by atoms with Gasteiger partial charge < -0.3 is 10.2 Å². The Labute approximate surface area is 120 Å². The average molecular weight is 277 g/mol. The van der Waals surface area contributed by atoms with Crippen molar-refractivity contribution in [2.75, 3.05) is 6.54 Å². The van der Waals surface area contributed by atoms with Crippen molar-refractivity contribution in [3.05, 3.63) is 35.4 Å². The van der Waals surface area contributed by atoms with Crippen molar-refractivity contribution in [1.82, 2.24) is 4.90 Å². The predicted octanol–water partition coefficient (Wildman–Crippen LogP) is 2.05. The Balaban J connectivity index is 2.24. The van der Waals surface area contributed by atoms with Crippen LogP contribution >= 0.6 is 0 Å². The van der Waals surface area contributed by atoms with E-state index in [9.17, 15) is 15.0 Å². The van der Waals surface area contributed by atoms with Crippen LogP contribution in [0.5, 0.6) is 0 Å². The zero-order valence-corrected chi connectivity index (χ0v) is 12.2. The van der Waals surface area contributed by atoms with E-state index < -0.39 is 17.6 Å². The number of hydrogen-bond donors (Lipinski definition) is 2. The number of rotatable bonds is 5. The van der Waals surface area contributed by atoms with Crippen molar-refractivity contribution in [2.45, 2.75) is 51.3 Å². The average Bonchev–Trinajstić information content (AvgIpc) is 2.46. The van der Waals surface area contributed by atoms with Gasteiger partial charge in [-0.25, -0.2) is 0 Å². The molecule has 1 aliphatic heterocycles. The molecule has 20 heavy (non-hydrogen) atoms. The van der Waals surface area contributed by atoms with Crippen molar-refractivity contribution >= 4 is 5.97 Å². The molecule has 0 aromatic heterocycles. The minimum Gasteiger partial charge on any atom is -0.480 e.